The summed E-state index contributed by atoms with van der Waals surface area (Å²) in [5, 5.41) is 12.8. The number of rotatable bonds is 8. The molecule has 8 heteroatoms. The second kappa shape index (κ2) is 11.6. The van der Waals surface area contributed by atoms with E-state index < -0.39 is 24.5 Å². The number of hydrogen-bond acceptors (Lipinski definition) is 6. The van der Waals surface area contributed by atoms with E-state index in [1.807, 2.05) is 0 Å². The predicted octanol–water partition coefficient (Wildman–Crippen LogP) is 4.31. The summed E-state index contributed by atoms with van der Waals surface area (Å²) in [6, 6.07) is 22.0. The first-order valence-corrected chi connectivity index (χ1v) is 18.7. The highest BCUT2D eigenvalue weighted by Crippen LogP contribution is 2.51. The molecule has 2 saturated heterocycles. The highest BCUT2D eigenvalue weighted by molar-refractivity contribution is 7.86. The first-order valence-electron chi connectivity index (χ1n) is 15.0. The Hall–Kier alpha value is -1.55. The first kappa shape index (κ1) is 29.9. The van der Waals surface area contributed by atoms with E-state index in [1.165, 1.54) is 16.8 Å². The summed E-state index contributed by atoms with van der Waals surface area (Å²) in [5.74, 6) is 0.184. The van der Waals surface area contributed by atoms with Crippen LogP contribution in [0.4, 0.5) is 0 Å². The van der Waals surface area contributed by atoms with Gasteiger partial charge in [0.25, 0.3) is 18.4 Å². The molecule has 40 heavy (non-hydrogen) atoms. The standard InChI is InChI=1S/C32H47NO5SSi/c1-31(2,3)40(28-15-7-5-8-16-28,29-17-9-6-10-18-29)37-24-26-13-11-19-32(26)20-12-14-27-21-30(38-39(4,35)36)25(23-34)22-33(27)32/h5-10,15-18,25-27,30,34H,11-14,19-24H2,1-4H3/t25-,26-,27-,30-,32+/m1/s1. The Balaban J connectivity index is 1.46. The van der Waals surface area contributed by atoms with Gasteiger partial charge in [0.1, 0.15) is 0 Å². The van der Waals surface area contributed by atoms with Gasteiger partial charge in [-0.3, -0.25) is 9.08 Å². The van der Waals surface area contributed by atoms with Crippen LogP contribution in [0.15, 0.2) is 60.7 Å². The summed E-state index contributed by atoms with van der Waals surface area (Å²) in [5.41, 5.74) is 0.0256. The molecule has 6 nitrogen and oxygen atoms in total. The summed E-state index contributed by atoms with van der Waals surface area (Å²) in [7, 11) is -6.22. The number of fused-ring (bicyclic) bond motifs is 2. The van der Waals surface area contributed by atoms with Crippen molar-refractivity contribution >= 4 is 28.8 Å². The summed E-state index contributed by atoms with van der Waals surface area (Å²) < 4.78 is 36.9. The minimum absolute atomic E-state index is 0.0256. The van der Waals surface area contributed by atoms with Crippen LogP contribution in [-0.4, -0.2) is 70.4 Å². The molecule has 5 rings (SSSR count). The van der Waals surface area contributed by atoms with Gasteiger partial charge in [-0.15, -0.1) is 0 Å². The monoisotopic (exact) mass is 585 g/mol. The number of aliphatic hydroxyl groups is 1. The maximum Gasteiger partial charge on any atom is 0.264 e. The van der Waals surface area contributed by atoms with Crippen LogP contribution in [0, 0.1) is 11.8 Å². The van der Waals surface area contributed by atoms with Crippen LogP contribution >= 0.6 is 0 Å². The summed E-state index contributed by atoms with van der Waals surface area (Å²) in [6.45, 7) is 8.32. The molecule has 3 fully saturated rings. The smallest absolute Gasteiger partial charge is 0.264 e. The van der Waals surface area contributed by atoms with E-state index in [1.54, 1.807) is 0 Å². The van der Waals surface area contributed by atoms with Crippen LogP contribution in [-0.2, 0) is 18.7 Å². The molecule has 1 N–H and O–H groups in total. The van der Waals surface area contributed by atoms with Gasteiger partial charge in [0.05, 0.1) is 12.4 Å². The number of benzene rings is 2. The summed E-state index contributed by atoms with van der Waals surface area (Å²) in [6.07, 6.45) is 8.07. The fourth-order valence-corrected chi connectivity index (χ4v) is 13.6. The third-order valence-corrected chi connectivity index (χ3v) is 15.6. The molecule has 5 atom stereocenters. The van der Waals surface area contributed by atoms with Gasteiger partial charge in [0.2, 0.25) is 0 Å². The van der Waals surface area contributed by atoms with Gasteiger partial charge < -0.3 is 9.53 Å². The molecule has 1 saturated carbocycles. The molecule has 3 aliphatic rings. The zero-order valence-electron chi connectivity index (χ0n) is 24.6. The van der Waals surface area contributed by atoms with Crippen LogP contribution in [0.25, 0.3) is 0 Å². The van der Waals surface area contributed by atoms with Crippen LogP contribution in [0.1, 0.15) is 65.7 Å². The molecule has 0 bridgehead atoms. The Bertz CT molecular complexity index is 1200. The summed E-state index contributed by atoms with van der Waals surface area (Å²) in [4.78, 5) is 2.66. The maximum atomic E-state index is 12.0. The molecule has 2 aliphatic heterocycles. The molecule has 2 aromatic rings. The second-order valence-electron chi connectivity index (χ2n) is 13.4. The van der Waals surface area contributed by atoms with Crippen LogP contribution < -0.4 is 10.4 Å². The molecule has 2 aromatic carbocycles. The molecular formula is C32H47NO5SSi. The second-order valence-corrected chi connectivity index (χ2v) is 19.3. The molecular weight excluding hydrogens is 539 g/mol. The lowest BCUT2D eigenvalue weighted by Gasteiger charge is -2.57. The Morgan fingerprint density at radius 3 is 2.08 bits per heavy atom. The van der Waals surface area contributed by atoms with Crippen molar-refractivity contribution in [3.8, 4) is 0 Å². The van der Waals surface area contributed by atoms with Crippen molar-refractivity contribution < 1.29 is 22.1 Å². The average molecular weight is 586 g/mol. The predicted molar refractivity (Wildman–Crippen MR) is 163 cm³/mol. The highest BCUT2D eigenvalue weighted by Gasteiger charge is 2.56. The maximum absolute atomic E-state index is 12.0. The molecule has 0 amide bonds. The van der Waals surface area contributed by atoms with Crippen molar-refractivity contribution in [2.45, 2.75) is 88.4 Å². The molecule has 220 valence electrons. The molecule has 0 unspecified atom stereocenters. The van der Waals surface area contributed by atoms with E-state index >= 15 is 0 Å². The summed E-state index contributed by atoms with van der Waals surface area (Å²) >= 11 is 0. The zero-order valence-corrected chi connectivity index (χ0v) is 26.4. The van der Waals surface area contributed by atoms with Gasteiger partial charge in [0.15, 0.2) is 0 Å². The van der Waals surface area contributed by atoms with Crippen molar-refractivity contribution in [3.05, 3.63) is 60.7 Å². The van der Waals surface area contributed by atoms with Crippen molar-refractivity contribution in [1.82, 2.24) is 4.90 Å². The SMILES string of the molecule is CC(C)(C)[Si](OC[C@H]1CCC[C@]12CCC[C@@H]1C[C@@H](OS(C)(=O)=O)[C@@H](CO)CN12)(c1ccccc1)c1ccccc1. The number of hydrogen-bond donors (Lipinski definition) is 1. The highest BCUT2D eigenvalue weighted by atomic mass is 32.2. The topological polar surface area (TPSA) is 76.1 Å². The van der Waals surface area contributed by atoms with E-state index in [9.17, 15) is 13.5 Å². The van der Waals surface area contributed by atoms with Crippen molar-refractivity contribution in [2.75, 3.05) is 26.0 Å². The van der Waals surface area contributed by atoms with Crippen LogP contribution in [0.2, 0.25) is 5.04 Å². The quantitative estimate of drug-likeness (QED) is 0.368. The fourth-order valence-electron chi connectivity index (χ4n) is 8.29. The Morgan fingerprint density at radius 2 is 1.55 bits per heavy atom. The van der Waals surface area contributed by atoms with E-state index in [0.29, 0.717) is 25.5 Å². The molecule has 2 heterocycles. The fraction of sp³-hybridized carbons (Fsp3) is 0.625. The first-order chi connectivity index (χ1) is 19.0. The largest absolute Gasteiger partial charge is 0.407 e. The van der Waals surface area contributed by atoms with Crippen molar-refractivity contribution in [1.29, 1.82) is 0 Å². The van der Waals surface area contributed by atoms with Crippen LogP contribution in [0.5, 0.6) is 0 Å². The minimum atomic E-state index is -3.58. The van der Waals surface area contributed by atoms with E-state index in [2.05, 4.69) is 86.3 Å². The van der Waals surface area contributed by atoms with Gasteiger partial charge in [-0.05, 0) is 53.4 Å². The normalized spacial score (nSPS) is 29.9. The van der Waals surface area contributed by atoms with E-state index in [-0.39, 0.29) is 29.1 Å². The van der Waals surface area contributed by atoms with Gasteiger partial charge in [-0.1, -0.05) is 94.3 Å². The average Bonchev–Trinajstić information content (AvgIpc) is 3.31. The van der Waals surface area contributed by atoms with Gasteiger partial charge in [-0.25, -0.2) is 0 Å². The lowest BCUT2D eigenvalue weighted by molar-refractivity contribution is -0.105. The van der Waals surface area contributed by atoms with Gasteiger partial charge >= 0.3 is 0 Å². The van der Waals surface area contributed by atoms with Gasteiger partial charge in [0, 0.05) is 37.3 Å². The zero-order chi connectivity index (χ0) is 28.6. The Morgan fingerprint density at radius 1 is 0.975 bits per heavy atom. The number of nitrogens with zero attached hydrogens (tertiary/aromatic N) is 1. The molecule has 1 spiro atoms. The number of aliphatic hydroxyl groups excluding tert-OH is 1. The third kappa shape index (κ3) is 5.60. The molecule has 0 aromatic heterocycles. The molecule has 1 aliphatic carbocycles. The Kier molecular flexibility index (Phi) is 8.69. The molecule has 0 radical (unpaired) electrons. The van der Waals surface area contributed by atoms with Crippen LogP contribution in [0.3, 0.4) is 0 Å². The van der Waals surface area contributed by atoms with Crippen molar-refractivity contribution in [3.63, 3.8) is 0 Å². The van der Waals surface area contributed by atoms with E-state index in [4.69, 9.17) is 8.61 Å². The van der Waals surface area contributed by atoms with Crippen molar-refractivity contribution in [2.24, 2.45) is 11.8 Å². The van der Waals surface area contributed by atoms with E-state index in [0.717, 1.165) is 38.4 Å². The minimum Gasteiger partial charge on any atom is -0.407 e. The number of piperidine rings is 2. The Labute approximate surface area is 242 Å². The lowest BCUT2D eigenvalue weighted by Crippen LogP contribution is -2.68. The van der Waals surface area contributed by atoms with Gasteiger partial charge in [-0.2, -0.15) is 8.42 Å². The third-order valence-electron chi connectivity index (χ3n) is 9.99. The lowest BCUT2D eigenvalue weighted by atomic mass is 9.72.